The highest BCUT2D eigenvalue weighted by Gasteiger charge is 1.99. The summed E-state index contributed by atoms with van der Waals surface area (Å²) in [4.78, 5) is 3.96. The second-order valence-electron chi connectivity index (χ2n) is 1.90. The van der Waals surface area contributed by atoms with Crippen molar-refractivity contribution in [3.05, 3.63) is 23.0 Å². The van der Waals surface area contributed by atoms with E-state index in [1.807, 2.05) is 6.92 Å². The lowest BCUT2D eigenvalue weighted by atomic mass is 10.3. The molecule has 3 nitrogen and oxygen atoms in total. The number of pyridine rings is 1. The van der Waals surface area contributed by atoms with E-state index in [1.165, 1.54) is 0 Å². The number of aromatic nitrogens is 1. The average Bonchev–Trinajstić information content (AvgIpc) is 1.95. The Bertz CT molecular complexity index is 236. The van der Waals surface area contributed by atoms with Gasteiger partial charge in [-0.1, -0.05) is 11.6 Å². The number of nitrogens with zero attached hydrogens (tertiary/aromatic N) is 1. The first-order valence-corrected chi connectivity index (χ1v) is 3.21. The van der Waals surface area contributed by atoms with Crippen molar-refractivity contribution in [3.63, 3.8) is 0 Å². The molecule has 0 atom stereocenters. The molecule has 0 aromatic carbocycles. The number of anilines is 1. The van der Waals surface area contributed by atoms with Gasteiger partial charge in [-0.2, -0.15) is 0 Å². The van der Waals surface area contributed by atoms with Crippen LogP contribution in [0.25, 0.3) is 0 Å². The first-order chi connectivity index (χ1) is 4.75. The van der Waals surface area contributed by atoms with Crippen molar-refractivity contribution in [2.24, 2.45) is 5.84 Å². The van der Waals surface area contributed by atoms with E-state index >= 15 is 0 Å². The van der Waals surface area contributed by atoms with Crippen molar-refractivity contribution >= 4 is 17.3 Å². The van der Waals surface area contributed by atoms with Crippen LogP contribution in [0.2, 0.25) is 5.02 Å². The van der Waals surface area contributed by atoms with Crippen LogP contribution in [-0.4, -0.2) is 4.98 Å². The summed E-state index contributed by atoms with van der Waals surface area (Å²) in [5, 5.41) is 0.574. The molecular formula is C6H8ClN3. The standard InChI is InChI=1S/C6H8ClN3/c1-4-6(7)5(10-8)2-3-9-4/h2-3H,8H2,1H3,(H,9,10). The van der Waals surface area contributed by atoms with E-state index in [2.05, 4.69) is 10.4 Å². The maximum atomic E-state index is 5.79. The highest BCUT2D eigenvalue weighted by atomic mass is 35.5. The molecule has 0 spiro atoms. The van der Waals surface area contributed by atoms with Crippen LogP contribution in [0.15, 0.2) is 12.3 Å². The fourth-order valence-corrected chi connectivity index (χ4v) is 0.826. The van der Waals surface area contributed by atoms with Gasteiger partial charge >= 0.3 is 0 Å². The number of nitrogen functional groups attached to an aromatic ring is 1. The number of rotatable bonds is 1. The van der Waals surface area contributed by atoms with Crippen molar-refractivity contribution in [1.29, 1.82) is 0 Å². The van der Waals surface area contributed by atoms with E-state index in [1.54, 1.807) is 12.3 Å². The van der Waals surface area contributed by atoms with Crippen LogP contribution in [0.5, 0.6) is 0 Å². The number of aryl methyl sites for hydroxylation is 1. The Kier molecular flexibility index (Phi) is 2.09. The Morgan fingerprint density at radius 3 is 2.90 bits per heavy atom. The van der Waals surface area contributed by atoms with Crippen molar-refractivity contribution in [1.82, 2.24) is 4.98 Å². The topological polar surface area (TPSA) is 50.9 Å². The SMILES string of the molecule is Cc1nccc(NN)c1Cl. The minimum Gasteiger partial charge on any atom is -0.323 e. The van der Waals surface area contributed by atoms with E-state index in [0.29, 0.717) is 10.7 Å². The van der Waals surface area contributed by atoms with Crippen LogP contribution in [0.1, 0.15) is 5.69 Å². The number of hydrogen-bond acceptors (Lipinski definition) is 3. The first-order valence-electron chi connectivity index (χ1n) is 2.83. The van der Waals surface area contributed by atoms with Crippen LogP contribution >= 0.6 is 11.6 Å². The molecule has 0 aliphatic carbocycles. The lowest BCUT2D eigenvalue weighted by Gasteiger charge is -2.02. The number of nitrogens with two attached hydrogens (primary N) is 1. The molecule has 1 aromatic rings. The molecular weight excluding hydrogens is 150 g/mol. The highest BCUT2D eigenvalue weighted by molar-refractivity contribution is 6.33. The summed E-state index contributed by atoms with van der Waals surface area (Å²) in [7, 11) is 0. The summed E-state index contributed by atoms with van der Waals surface area (Å²) in [5.74, 6) is 5.16. The highest BCUT2D eigenvalue weighted by Crippen LogP contribution is 2.21. The average molecular weight is 158 g/mol. The van der Waals surface area contributed by atoms with Gasteiger partial charge in [-0.25, -0.2) is 0 Å². The van der Waals surface area contributed by atoms with E-state index in [9.17, 15) is 0 Å². The third kappa shape index (κ3) is 1.20. The van der Waals surface area contributed by atoms with Gasteiger partial charge in [-0.05, 0) is 13.0 Å². The van der Waals surface area contributed by atoms with E-state index in [0.717, 1.165) is 5.69 Å². The first kappa shape index (κ1) is 7.31. The van der Waals surface area contributed by atoms with Crippen molar-refractivity contribution in [2.45, 2.75) is 6.92 Å². The fraction of sp³-hybridized carbons (Fsp3) is 0.167. The zero-order valence-electron chi connectivity index (χ0n) is 5.56. The van der Waals surface area contributed by atoms with Gasteiger partial charge in [0.25, 0.3) is 0 Å². The molecule has 3 N–H and O–H groups in total. The predicted octanol–water partition coefficient (Wildman–Crippen LogP) is 1.33. The molecule has 54 valence electrons. The molecule has 0 amide bonds. The maximum absolute atomic E-state index is 5.79. The van der Waals surface area contributed by atoms with Crippen molar-refractivity contribution in [2.75, 3.05) is 5.43 Å². The number of hydrogen-bond donors (Lipinski definition) is 2. The maximum Gasteiger partial charge on any atom is 0.0863 e. The van der Waals surface area contributed by atoms with Crippen molar-refractivity contribution in [3.8, 4) is 0 Å². The third-order valence-corrected chi connectivity index (χ3v) is 1.70. The summed E-state index contributed by atoms with van der Waals surface area (Å²) < 4.78 is 0. The zero-order chi connectivity index (χ0) is 7.56. The van der Waals surface area contributed by atoms with Gasteiger partial charge in [0, 0.05) is 6.20 Å². The molecule has 1 aromatic heterocycles. The van der Waals surface area contributed by atoms with Gasteiger partial charge in [0.15, 0.2) is 0 Å². The normalized spacial score (nSPS) is 9.50. The predicted molar refractivity (Wildman–Crippen MR) is 41.8 cm³/mol. The summed E-state index contributed by atoms with van der Waals surface area (Å²) >= 11 is 5.79. The summed E-state index contributed by atoms with van der Waals surface area (Å²) in [5.41, 5.74) is 3.94. The lowest BCUT2D eigenvalue weighted by Crippen LogP contribution is -2.07. The molecule has 0 bridgehead atoms. The van der Waals surface area contributed by atoms with Gasteiger partial charge in [0.1, 0.15) is 0 Å². The molecule has 10 heavy (non-hydrogen) atoms. The molecule has 1 rings (SSSR count). The Hall–Kier alpha value is -0.800. The number of nitrogens with one attached hydrogen (secondary N) is 1. The minimum absolute atomic E-state index is 0.574. The quantitative estimate of drug-likeness (QED) is 0.478. The third-order valence-electron chi connectivity index (χ3n) is 1.22. The molecule has 0 saturated heterocycles. The Morgan fingerprint density at radius 1 is 1.70 bits per heavy atom. The largest absolute Gasteiger partial charge is 0.323 e. The van der Waals surface area contributed by atoms with Crippen LogP contribution in [0.3, 0.4) is 0 Å². The van der Waals surface area contributed by atoms with Crippen LogP contribution in [-0.2, 0) is 0 Å². The van der Waals surface area contributed by atoms with Crippen LogP contribution in [0.4, 0.5) is 5.69 Å². The van der Waals surface area contributed by atoms with E-state index < -0.39 is 0 Å². The smallest absolute Gasteiger partial charge is 0.0863 e. The number of hydrazine groups is 1. The monoisotopic (exact) mass is 157 g/mol. The lowest BCUT2D eigenvalue weighted by molar-refractivity contribution is 1.19. The van der Waals surface area contributed by atoms with Crippen molar-refractivity contribution < 1.29 is 0 Å². The molecule has 0 aliphatic rings. The van der Waals surface area contributed by atoms with Gasteiger partial charge in [-0.3, -0.25) is 10.8 Å². The zero-order valence-corrected chi connectivity index (χ0v) is 6.31. The van der Waals surface area contributed by atoms with Gasteiger partial charge < -0.3 is 5.43 Å². The second-order valence-corrected chi connectivity index (χ2v) is 2.28. The van der Waals surface area contributed by atoms with Gasteiger partial charge in [0.05, 0.1) is 16.4 Å². The summed E-state index contributed by atoms with van der Waals surface area (Å²) in [6.07, 6.45) is 1.65. The van der Waals surface area contributed by atoms with Gasteiger partial charge in [-0.15, -0.1) is 0 Å². The summed E-state index contributed by atoms with van der Waals surface area (Å²) in [6.45, 7) is 1.82. The van der Waals surface area contributed by atoms with Crippen LogP contribution < -0.4 is 11.3 Å². The van der Waals surface area contributed by atoms with Gasteiger partial charge in [0.2, 0.25) is 0 Å². The molecule has 0 saturated carbocycles. The van der Waals surface area contributed by atoms with Crippen LogP contribution in [0, 0.1) is 6.92 Å². The molecule has 0 unspecified atom stereocenters. The Balaban J connectivity index is 3.14. The minimum atomic E-state index is 0.574. The molecule has 4 heteroatoms. The van der Waals surface area contributed by atoms with E-state index in [4.69, 9.17) is 17.4 Å². The number of halogens is 1. The molecule has 0 aliphatic heterocycles. The molecule has 1 heterocycles. The Labute approximate surface area is 64.2 Å². The molecule has 0 fully saturated rings. The second kappa shape index (κ2) is 2.86. The van der Waals surface area contributed by atoms with E-state index in [-0.39, 0.29) is 0 Å². The summed E-state index contributed by atoms with van der Waals surface area (Å²) in [6, 6.07) is 1.72. The molecule has 0 radical (unpaired) electrons. The fourth-order valence-electron chi connectivity index (χ4n) is 0.660. The Morgan fingerprint density at radius 2 is 2.40 bits per heavy atom.